The van der Waals surface area contributed by atoms with Gasteiger partial charge in [0.25, 0.3) is 10.0 Å². The molecule has 1 N–H and O–H groups in total. The van der Waals surface area contributed by atoms with Crippen LogP contribution in [0.2, 0.25) is 5.02 Å². The maximum absolute atomic E-state index is 14.4. The number of benzene rings is 4. The molecule has 0 aliphatic heterocycles. The largest absolute Gasteiger partial charge is 0.354 e. The molecule has 0 radical (unpaired) electrons. The fourth-order valence-electron chi connectivity index (χ4n) is 4.80. The minimum Gasteiger partial charge on any atom is -0.354 e. The molecular weight excluding hydrogens is 601 g/mol. The molecule has 10 heteroatoms. The summed E-state index contributed by atoms with van der Waals surface area (Å²) in [6.45, 7) is 3.47. The molecule has 1 atom stereocenters. The summed E-state index contributed by atoms with van der Waals surface area (Å²) in [5.74, 6) is -1.40. The van der Waals surface area contributed by atoms with Crippen LogP contribution in [0.3, 0.4) is 0 Å². The predicted octanol–water partition coefficient (Wildman–Crippen LogP) is 6.15. The fourth-order valence-corrected chi connectivity index (χ4v) is 6.40. The number of para-hydroxylation sites is 1. The lowest BCUT2D eigenvalue weighted by atomic mass is 10.0. The van der Waals surface area contributed by atoms with E-state index in [1.165, 1.54) is 41.3 Å². The number of carbonyl (C=O) groups is 2. The molecule has 0 fully saturated rings. The van der Waals surface area contributed by atoms with Gasteiger partial charge >= 0.3 is 0 Å². The number of sulfonamides is 1. The number of halogens is 2. The van der Waals surface area contributed by atoms with Crippen LogP contribution in [0.15, 0.2) is 108 Å². The van der Waals surface area contributed by atoms with Crippen molar-refractivity contribution in [3.05, 3.63) is 131 Å². The molecule has 7 nitrogen and oxygen atoms in total. The highest BCUT2D eigenvalue weighted by Crippen LogP contribution is 2.28. The van der Waals surface area contributed by atoms with Crippen LogP contribution in [0.1, 0.15) is 30.0 Å². The Morgan fingerprint density at radius 2 is 1.50 bits per heavy atom. The summed E-state index contributed by atoms with van der Waals surface area (Å²) < 4.78 is 43.0. The monoisotopic (exact) mass is 635 g/mol. The van der Waals surface area contributed by atoms with Crippen molar-refractivity contribution in [3.63, 3.8) is 0 Å². The van der Waals surface area contributed by atoms with Crippen molar-refractivity contribution < 1.29 is 22.4 Å². The van der Waals surface area contributed by atoms with Gasteiger partial charge in [-0.2, -0.15) is 0 Å². The zero-order valence-corrected chi connectivity index (χ0v) is 26.2. The first kappa shape index (κ1) is 32.7. The number of hydrogen-bond donors (Lipinski definition) is 1. The van der Waals surface area contributed by atoms with Crippen LogP contribution in [0, 0.1) is 12.7 Å². The molecule has 44 heavy (non-hydrogen) atoms. The average molecular weight is 636 g/mol. The van der Waals surface area contributed by atoms with E-state index in [2.05, 4.69) is 5.32 Å². The van der Waals surface area contributed by atoms with Gasteiger partial charge in [-0.1, -0.05) is 79.2 Å². The molecule has 0 bridgehead atoms. The van der Waals surface area contributed by atoms with Crippen LogP contribution in [-0.4, -0.2) is 44.3 Å². The third-order valence-electron chi connectivity index (χ3n) is 7.15. The van der Waals surface area contributed by atoms with E-state index in [4.69, 9.17) is 11.6 Å². The average Bonchev–Trinajstić information content (AvgIpc) is 3.02. The van der Waals surface area contributed by atoms with E-state index in [9.17, 15) is 22.4 Å². The highest BCUT2D eigenvalue weighted by atomic mass is 35.5. The second-order valence-corrected chi connectivity index (χ2v) is 12.7. The lowest BCUT2D eigenvalue weighted by Crippen LogP contribution is -2.53. The summed E-state index contributed by atoms with van der Waals surface area (Å²) in [5.41, 5.74) is 2.38. The molecule has 0 unspecified atom stereocenters. The van der Waals surface area contributed by atoms with E-state index in [1.807, 2.05) is 37.3 Å². The van der Waals surface area contributed by atoms with Crippen LogP contribution in [0.4, 0.5) is 10.1 Å². The van der Waals surface area contributed by atoms with Gasteiger partial charge in [-0.3, -0.25) is 13.9 Å². The zero-order valence-electron chi connectivity index (χ0n) is 24.6. The smallest absolute Gasteiger partial charge is 0.264 e. The van der Waals surface area contributed by atoms with Gasteiger partial charge in [0, 0.05) is 24.5 Å². The summed E-state index contributed by atoms with van der Waals surface area (Å²) in [7, 11) is -4.24. The molecule has 4 aromatic carbocycles. The molecule has 0 saturated heterocycles. The van der Waals surface area contributed by atoms with Crippen molar-refractivity contribution in [1.82, 2.24) is 10.2 Å². The molecule has 0 aliphatic rings. The van der Waals surface area contributed by atoms with E-state index >= 15 is 0 Å². The second kappa shape index (κ2) is 15.0. The third kappa shape index (κ3) is 8.24. The van der Waals surface area contributed by atoms with E-state index in [1.54, 1.807) is 43.3 Å². The van der Waals surface area contributed by atoms with Gasteiger partial charge in [0.2, 0.25) is 11.8 Å². The van der Waals surface area contributed by atoms with Crippen molar-refractivity contribution >= 4 is 39.1 Å². The summed E-state index contributed by atoms with van der Waals surface area (Å²) in [6, 6.07) is 26.6. The summed E-state index contributed by atoms with van der Waals surface area (Å²) in [6.07, 6.45) is 0.883. The Labute approximate surface area is 263 Å². The van der Waals surface area contributed by atoms with Crippen LogP contribution >= 0.6 is 11.6 Å². The maximum Gasteiger partial charge on any atom is 0.264 e. The predicted molar refractivity (Wildman–Crippen MR) is 171 cm³/mol. The number of carbonyl (C=O) groups excluding carboxylic acids is 2. The van der Waals surface area contributed by atoms with Gasteiger partial charge in [-0.25, -0.2) is 12.8 Å². The molecule has 0 heterocycles. The summed E-state index contributed by atoms with van der Waals surface area (Å²) >= 11 is 6.03. The van der Waals surface area contributed by atoms with Gasteiger partial charge in [-0.05, 0) is 72.5 Å². The summed E-state index contributed by atoms with van der Waals surface area (Å²) in [5, 5.41) is 3.27. The fraction of sp³-hybridized carbons (Fsp3) is 0.235. The lowest BCUT2D eigenvalue weighted by molar-refractivity contribution is -0.140. The molecule has 4 aromatic rings. The normalized spacial score (nSPS) is 11.9. The maximum atomic E-state index is 14.4. The first-order chi connectivity index (χ1) is 21.1. The standard InChI is InChI=1S/C34H35ClFN3O4S/c1-3-21-37-34(41)32(22-26-10-5-4-6-11-26)38(23-27-13-17-29(36)18-14-27)33(40)24-39(31-12-8-7-9-25(31)2)44(42,43)30-19-15-28(35)16-20-30/h4-20,32H,3,21-24H2,1-2H3,(H,37,41)/t32-/m1/s1. The Morgan fingerprint density at radius 3 is 2.14 bits per heavy atom. The van der Waals surface area contributed by atoms with Crippen LogP contribution in [0.5, 0.6) is 0 Å². The van der Waals surface area contributed by atoms with Crippen LogP contribution in [-0.2, 0) is 32.6 Å². The molecule has 230 valence electrons. The van der Waals surface area contributed by atoms with E-state index < -0.39 is 34.3 Å². The lowest BCUT2D eigenvalue weighted by Gasteiger charge is -2.34. The number of aryl methyl sites for hydroxylation is 1. The molecule has 2 amide bonds. The van der Waals surface area contributed by atoms with Crippen molar-refractivity contribution in [2.45, 2.75) is 44.2 Å². The summed E-state index contributed by atoms with van der Waals surface area (Å²) in [4.78, 5) is 29.4. The molecule has 0 spiro atoms. The van der Waals surface area contributed by atoms with Gasteiger partial charge in [0.1, 0.15) is 18.4 Å². The Bertz CT molecular complexity index is 1670. The molecule has 0 saturated carbocycles. The number of anilines is 1. The van der Waals surface area contributed by atoms with Crippen molar-refractivity contribution in [1.29, 1.82) is 0 Å². The number of amides is 2. The third-order valence-corrected chi connectivity index (χ3v) is 9.18. The van der Waals surface area contributed by atoms with Crippen molar-refractivity contribution in [3.8, 4) is 0 Å². The molecule has 0 aromatic heterocycles. The number of rotatable bonds is 13. The highest BCUT2D eigenvalue weighted by Gasteiger charge is 2.35. The Balaban J connectivity index is 1.80. The molecular formula is C34H35ClFN3O4S. The van der Waals surface area contributed by atoms with Gasteiger partial charge in [0.15, 0.2) is 0 Å². The first-order valence-electron chi connectivity index (χ1n) is 14.3. The Hall–Kier alpha value is -4.21. The van der Waals surface area contributed by atoms with E-state index in [0.717, 1.165) is 9.87 Å². The van der Waals surface area contributed by atoms with E-state index in [0.29, 0.717) is 34.8 Å². The second-order valence-electron chi connectivity index (χ2n) is 10.4. The number of nitrogens with one attached hydrogen (secondary N) is 1. The molecule has 4 rings (SSSR count). The van der Waals surface area contributed by atoms with Gasteiger partial charge in [0.05, 0.1) is 10.6 Å². The van der Waals surface area contributed by atoms with Crippen molar-refractivity contribution in [2.24, 2.45) is 0 Å². The quantitative estimate of drug-likeness (QED) is 0.191. The zero-order chi connectivity index (χ0) is 31.7. The first-order valence-corrected chi connectivity index (χ1v) is 16.1. The van der Waals surface area contributed by atoms with Crippen molar-refractivity contribution in [2.75, 3.05) is 17.4 Å². The number of hydrogen-bond acceptors (Lipinski definition) is 4. The van der Waals surface area contributed by atoms with Crippen LogP contribution in [0.25, 0.3) is 0 Å². The van der Waals surface area contributed by atoms with Crippen LogP contribution < -0.4 is 9.62 Å². The minimum atomic E-state index is -4.24. The topological polar surface area (TPSA) is 86.8 Å². The molecule has 0 aliphatic carbocycles. The van der Waals surface area contributed by atoms with Gasteiger partial charge in [-0.15, -0.1) is 0 Å². The highest BCUT2D eigenvalue weighted by molar-refractivity contribution is 7.92. The van der Waals surface area contributed by atoms with E-state index in [-0.39, 0.29) is 23.8 Å². The van der Waals surface area contributed by atoms with Gasteiger partial charge < -0.3 is 10.2 Å². The SMILES string of the molecule is CCCNC(=O)[C@@H](Cc1ccccc1)N(Cc1ccc(F)cc1)C(=O)CN(c1ccccc1C)S(=O)(=O)c1ccc(Cl)cc1. The number of nitrogens with zero attached hydrogens (tertiary/aromatic N) is 2. The Kier molecular flexibility index (Phi) is 11.1. The Morgan fingerprint density at radius 1 is 0.864 bits per heavy atom. The minimum absolute atomic E-state index is 0.0374.